The van der Waals surface area contributed by atoms with Crippen LogP contribution >= 0.6 is 0 Å². The van der Waals surface area contributed by atoms with E-state index < -0.39 is 12.0 Å². The number of carbonyl (C=O) groups is 2. The number of carboxylic acid groups (broad SMARTS) is 1. The fraction of sp³-hybridized carbons (Fsp3) is 0.467. The second kappa shape index (κ2) is 5.40. The molecule has 1 amide bonds. The zero-order valence-electron chi connectivity index (χ0n) is 12.6. The van der Waals surface area contributed by atoms with E-state index in [9.17, 15) is 14.7 Å². The summed E-state index contributed by atoms with van der Waals surface area (Å²) in [7, 11) is 0. The molecule has 1 aliphatic heterocycles. The van der Waals surface area contributed by atoms with Crippen molar-refractivity contribution in [3.8, 4) is 0 Å². The van der Waals surface area contributed by atoms with E-state index in [1.165, 1.54) is 11.1 Å². The lowest BCUT2D eigenvalue weighted by molar-refractivity contribution is -0.141. The van der Waals surface area contributed by atoms with E-state index in [-0.39, 0.29) is 11.9 Å². The number of aromatic nitrogens is 3. The van der Waals surface area contributed by atoms with E-state index in [2.05, 4.69) is 10.1 Å². The van der Waals surface area contributed by atoms with Gasteiger partial charge in [0.2, 0.25) is 0 Å². The van der Waals surface area contributed by atoms with Gasteiger partial charge in [0.05, 0.1) is 11.8 Å². The van der Waals surface area contributed by atoms with Crippen LogP contribution in [0.1, 0.15) is 43.1 Å². The van der Waals surface area contributed by atoms with Crippen LogP contribution in [0.4, 0.5) is 0 Å². The first-order chi connectivity index (χ1) is 10.5. The summed E-state index contributed by atoms with van der Waals surface area (Å²) < 4.78 is 1.79. The molecular weight excluding hydrogens is 284 g/mol. The molecule has 0 aliphatic carbocycles. The van der Waals surface area contributed by atoms with Gasteiger partial charge in [0.15, 0.2) is 5.65 Å². The minimum atomic E-state index is -0.951. The topological polar surface area (TPSA) is 88.3 Å². The molecule has 1 atom stereocenters. The van der Waals surface area contributed by atoms with Crippen LogP contribution < -0.4 is 0 Å². The van der Waals surface area contributed by atoms with Crippen LogP contribution in [0.25, 0.3) is 11.0 Å². The van der Waals surface area contributed by atoms with E-state index in [0.717, 1.165) is 11.0 Å². The molecule has 7 heteroatoms. The molecule has 0 saturated carbocycles. The van der Waals surface area contributed by atoms with Gasteiger partial charge in [-0.15, -0.1) is 0 Å². The van der Waals surface area contributed by atoms with Crippen molar-refractivity contribution in [2.24, 2.45) is 0 Å². The number of carbonyl (C=O) groups excluding carboxylic acids is 1. The molecular formula is C15H18N4O3. The van der Waals surface area contributed by atoms with Gasteiger partial charge in [-0.2, -0.15) is 5.10 Å². The molecule has 1 saturated heterocycles. The Labute approximate surface area is 127 Å². The highest BCUT2D eigenvalue weighted by Crippen LogP contribution is 2.22. The summed E-state index contributed by atoms with van der Waals surface area (Å²) in [6.07, 6.45) is 4.39. The molecule has 0 unspecified atom stereocenters. The monoisotopic (exact) mass is 302 g/mol. The SMILES string of the molecule is CC(C)n1ncc2cc(C(=O)N3CCC[C@H]3C(=O)O)cnc21. The number of fused-ring (bicyclic) bond motifs is 1. The third-order valence-electron chi connectivity index (χ3n) is 3.97. The molecule has 116 valence electrons. The standard InChI is InChI=1S/C15H18N4O3/c1-9(2)19-13-10(8-17-19)6-11(7-16-13)14(20)18-5-3-4-12(18)15(21)22/h6-9,12H,3-5H2,1-2H3,(H,21,22)/t12-/m0/s1. The molecule has 1 N–H and O–H groups in total. The first-order valence-corrected chi connectivity index (χ1v) is 7.36. The highest BCUT2D eigenvalue weighted by molar-refractivity contribution is 5.99. The van der Waals surface area contributed by atoms with Crippen LogP contribution in [0, 0.1) is 0 Å². The number of carboxylic acids is 1. The lowest BCUT2D eigenvalue weighted by Crippen LogP contribution is -2.40. The Bertz CT molecular complexity index is 737. The minimum Gasteiger partial charge on any atom is -0.480 e. The smallest absolute Gasteiger partial charge is 0.326 e. The van der Waals surface area contributed by atoms with Gasteiger partial charge in [-0.1, -0.05) is 0 Å². The average Bonchev–Trinajstić information content (AvgIpc) is 3.12. The highest BCUT2D eigenvalue weighted by Gasteiger charge is 2.34. The third-order valence-corrected chi connectivity index (χ3v) is 3.97. The maximum atomic E-state index is 12.5. The summed E-state index contributed by atoms with van der Waals surface area (Å²) in [5, 5.41) is 14.2. The number of nitrogens with zero attached hydrogens (tertiary/aromatic N) is 4. The maximum absolute atomic E-state index is 12.5. The van der Waals surface area contributed by atoms with Crippen molar-refractivity contribution in [2.75, 3.05) is 6.54 Å². The van der Waals surface area contributed by atoms with Crippen LogP contribution in [0.15, 0.2) is 18.5 Å². The first-order valence-electron chi connectivity index (χ1n) is 7.36. The van der Waals surface area contributed by atoms with Gasteiger partial charge >= 0.3 is 5.97 Å². The molecule has 0 radical (unpaired) electrons. The Balaban J connectivity index is 1.93. The van der Waals surface area contributed by atoms with E-state index in [1.807, 2.05) is 13.8 Å². The fourth-order valence-electron chi connectivity index (χ4n) is 2.87. The van der Waals surface area contributed by atoms with Crippen molar-refractivity contribution < 1.29 is 14.7 Å². The Morgan fingerprint density at radius 1 is 1.36 bits per heavy atom. The van der Waals surface area contributed by atoms with Crippen LogP contribution in [-0.4, -0.2) is 49.2 Å². The molecule has 2 aromatic heterocycles. The second-order valence-corrected chi connectivity index (χ2v) is 5.81. The van der Waals surface area contributed by atoms with Gasteiger partial charge in [-0.3, -0.25) is 4.79 Å². The summed E-state index contributed by atoms with van der Waals surface area (Å²) in [4.78, 5) is 29.5. The van der Waals surface area contributed by atoms with E-state index in [0.29, 0.717) is 24.9 Å². The molecule has 0 aromatic carbocycles. The van der Waals surface area contributed by atoms with E-state index in [4.69, 9.17) is 0 Å². The maximum Gasteiger partial charge on any atom is 0.326 e. The predicted octanol–water partition coefficient (Wildman–Crippen LogP) is 1.70. The third kappa shape index (κ3) is 2.32. The largest absolute Gasteiger partial charge is 0.480 e. The Morgan fingerprint density at radius 3 is 2.82 bits per heavy atom. The molecule has 7 nitrogen and oxygen atoms in total. The summed E-state index contributed by atoms with van der Waals surface area (Å²) in [6, 6.07) is 1.18. The molecule has 3 heterocycles. The average molecular weight is 302 g/mol. The van der Waals surface area contributed by atoms with Crippen molar-refractivity contribution in [2.45, 2.75) is 38.8 Å². The highest BCUT2D eigenvalue weighted by atomic mass is 16.4. The van der Waals surface area contributed by atoms with Gasteiger partial charge in [-0.05, 0) is 32.8 Å². The molecule has 2 aromatic rings. The molecule has 3 rings (SSSR count). The number of hydrogen-bond acceptors (Lipinski definition) is 4. The first kappa shape index (κ1) is 14.5. The number of rotatable bonds is 3. The van der Waals surface area contributed by atoms with E-state index >= 15 is 0 Å². The number of aliphatic carboxylic acids is 1. The van der Waals surface area contributed by atoms with Gasteiger partial charge < -0.3 is 10.0 Å². The van der Waals surface area contributed by atoms with Crippen LogP contribution in [-0.2, 0) is 4.79 Å². The van der Waals surface area contributed by atoms with E-state index in [1.54, 1.807) is 16.9 Å². The van der Waals surface area contributed by atoms with Crippen LogP contribution in [0.5, 0.6) is 0 Å². The van der Waals surface area contributed by atoms with Crippen LogP contribution in [0.3, 0.4) is 0 Å². The lowest BCUT2D eigenvalue weighted by Gasteiger charge is -2.21. The zero-order valence-corrected chi connectivity index (χ0v) is 12.6. The fourth-order valence-corrected chi connectivity index (χ4v) is 2.87. The van der Waals surface area contributed by atoms with Gasteiger partial charge in [0.25, 0.3) is 5.91 Å². The summed E-state index contributed by atoms with van der Waals surface area (Å²) in [5.41, 5.74) is 1.13. The number of hydrogen-bond donors (Lipinski definition) is 1. The summed E-state index contributed by atoms with van der Waals surface area (Å²) in [5.74, 6) is -1.23. The second-order valence-electron chi connectivity index (χ2n) is 5.81. The van der Waals surface area contributed by atoms with Crippen molar-refractivity contribution >= 4 is 22.9 Å². The van der Waals surface area contributed by atoms with Crippen molar-refractivity contribution in [3.05, 3.63) is 24.0 Å². The molecule has 1 aliphatic rings. The quantitative estimate of drug-likeness (QED) is 0.932. The van der Waals surface area contributed by atoms with Gasteiger partial charge in [0.1, 0.15) is 6.04 Å². The van der Waals surface area contributed by atoms with Gasteiger partial charge in [-0.25, -0.2) is 14.5 Å². The minimum absolute atomic E-state index is 0.182. The molecule has 1 fully saturated rings. The van der Waals surface area contributed by atoms with Gasteiger partial charge in [0, 0.05) is 24.2 Å². The molecule has 22 heavy (non-hydrogen) atoms. The van der Waals surface area contributed by atoms with Crippen molar-refractivity contribution in [1.29, 1.82) is 0 Å². The summed E-state index contributed by atoms with van der Waals surface area (Å²) >= 11 is 0. The van der Waals surface area contributed by atoms with Crippen LogP contribution in [0.2, 0.25) is 0 Å². The summed E-state index contributed by atoms with van der Waals surface area (Å²) in [6.45, 7) is 4.49. The zero-order chi connectivity index (χ0) is 15.9. The Morgan fingerprint density at radius 2 is 2.14 bits per heavy atom. The van der Waals surface area contributed by atoms with Crippen molar-refractivity contribution in [1.82, 2.24) is 19.7 Å². The predicted molar refractivity (Wildman–Crippen MR) is 79.6 cm³/mol. The number of pyridine rings is 1. The Kier molecular flexibility index (Phi) is 3.56. The molecule has 0 spiro atoms. The Hall–Kier alpha value is -2.44. The number of likely N-dealkylation sites (tertiary alicyclic amines) is 1. The molecule has 0 bridgehead atoms. The lowest BCUT2D eigenvalue weighted by atomic mass is 10.2. The normalized spacial score (nSPS) is 18.3. The number of amides is 1. The van der Waals surface area contributed by atoms with Crippen molar-refractivity contribution in [3.63, 3.8) is 0 Å².